The van der Waals surface area contributed by atoms with Crippen molar-refractivity contribution in [2.24, 2.45) is 0 Å². The fraction of sp³-hybridized carbons (Fsp3) is 0.0526. The third kappa shape index (κ3) is 4.13. The molecule has 10 heteroatoms. The minimum absolute atomic E-state index is 0.0455. The smallest absolute Gasteiger partial charge is 0.263 e. The van der Waals surface area contributed by atoms with Gasteiger partial charge < -0.3 is 9.88 Å². The monoisotopic (exact) mass is 430 g/mol. The van der Waals surface area contributed by atoms with Crippen LogP contribution in [0.2, 0.25) is 0 Å². The molecule has 0 saturated carbocycles. The Bertz CT molecular complexity index is 1270. The molecule has 0 atom stereocenters. The SMILES string of the molecule is O=C(Cn1ccc2cccc(F)c21)Nc1ccc(S(=O)(=O)Nc2nccs2)cc1. The lowest BCUT2D eigenvalue weighted by Gasteiger charge is -2.09. The van der Waals surface area contributed by atoms with Crippen LogP contribution in [0.4, 0.5) is 15.2 Å². The Hall–Kier alpha value is -3.24. The zero-order valence-corrected chi connectivity index (χ0v) is 16.5. The van der Waals surface area contributed by atoms with Gasteiger partial charge in [0.05, 0.1) is 10.4 Å². The summed E-state index contributed by atoms with van der Waals surface area (Å²) in [5.41, 5.74) is 0.789. The number of aromatic nitrogens is 2. The number of amides is 1. The molecule has 2 aromatic carbocycles. The summed E-state index contributed by atoms with van der Waals surface area (Å²) in [6, 6.07) is 12.2. The van der Waals surface area contributed by atoms with E-state index in [1.807, 2.05) is 0 Å². The van der Waals surface area contributed by atoms with Crippen LogP contribution in [0.3, 0.4) is 0 Å². The van der Waals surface area contributed by atoms with E-state index in [4.69, 9.17) is 0 Å². The van der Waals surface area contributed by atoms with Gasteiger partial charge in [0, 0.05) is 28.8 Å². The van der Waals surface area contributed by atoms with Gasteiger partial charge in [0.1, 0.15) is 12.4 Å². The Labute approximate surface area is 169 Å². The van der Waals surface area contributed by atoms with Crippen LogP contribution < -0.4 is 10.0 Å². The molecule has 0 fully saturated rings. The fourth-order valence-electron chi connectivity index (χ4n) is 2.87. The number of para-hydroxylation sites is 1. The summed E-state index contributed by atoms with van der Waals surface area (Å²) in [5.74, 6) is -0.759. The number of thiazole rings is 1. The van der Waals surface area contributed by atoms with Crippen LogP contribution in [0.5, 0.6) is 0 Å². The Morgan fingerprint density at radius 1 is 1.14 bits per heavy atom. The molecule has 0 spiro atoms. The molecule has 2 N–H and O–H groups in total. The maximum atomic E-state index is 14.0. The lowest BCUT2D eigenvalue weighted by atomic mass is 10.2. The van der Waals surface area contributed by atoms with Gasteiger partial charge in [0.25, 0.3) is 10.0 Å². The predicted octanol–water partition coefficient (Wildman–Crippen LogP) is 3.68. The number of nitrogens with zero attached hydrogens (tertiary/aromatic N) is 2. The number of rotatable bonds is 6. The van der Waals surface area contributed by atoms with E-state index in [0.29, 0.717) is 16.6 Å². The average Bonchev–Trinajstić information content (AvgIpc) is 3.32. The molecule has 0 aliphatic heterocycles. The first-order valence-electron chi connectivity index (χ1n) is 8.48. The molecule has 2 heterocycles. The molecule has 0 radical (unpaired) electrons. The number of halogens is 1. The number of sulfonamides is 1. The maximum Gasteiger partial charge on any atom is 0.263 e. The average molecular weight is 430 g/mol. The number of benzene rings is 2. The molecule has 7 nitrogen and oxygen atoms in total. The Balaban J connectivity index is 1.45. The molecule has 4 rings (SSSR count). The quantitative estimate of drug-likeness (QED) is 0.488. The summed E-state index contributed by atoms with van der Waals surface area (Å²) >= 11 is 1.17. The van der Waals surface area contributed by atoms with Gasteiger partial charge in [-0.2, -0.15) is 0 Å². The second-order valence-corrected chi connectivity index (χ2v) is 8.71. The molecule has 29 heavy (non-hydrogen) atoms. The molecule has 2 aromatic heterocycles. The van der Waals surface area contributed by atoms with Gasteiger partial charge in [0.15, 0.2) is 5.13 Å². The van der Waals surface area contributed by atoms with Gasteiger partial charge in [-0.25, -0.2) is 17.8 Å². The Morgan fingerprint density at radius 3 is 2.66 bits per heavy atom. The zero-order valence-electron chi connectivity index (χ0n) is 14.9. The van der Waals surface area contributed by atoms with E-state index in [9.17, 15) is 17.6 Å². The number of nitrogens with one attached hydrogen (secondary N) is 2. The first-order valence-corrected chi connectivity index (χ1v) is 10.8. The van der Waals surface area contributed by atoms with Crippen molar-refractivity contribution in [2.45, 2.75) is 11.4 Å². The van der Waals surface area contributed by atoms with Crippen molar-refractivity contribution in [1.29, 1.82) is 0 Å². The van der Waals surface area contributed by atoms with Crippen LogP contribution >= 0.6 is 11.3 Å². The molecule has 0 unspecified atom stereocenters. The highest BCUT2D eigenvalue weighted by Crippen LogP contribution is 2.21. The summed E-state index contributed by atoms with van der Waals surface area (Å²) in [5, 5.41) is 5.32. The van der Waals surface area contributed by atoms with E-state index in [1.54, 1.807) is 29.8 Å². The van der Waals surface area contributed by atoms with E-state index >= 15 is 0 Å². The second-order valence-electron chi connectivity index (χ2n) is 6.14. The third-order valence-electron chi connectivity index (χ3n) is 4.16. The van der Waals surface area contributed by atoms with Crippen LogP contribution in [0.1, 0.15) is 0 Å². The van der Waals surface area contributed by atoms with Crippen molar-refractivity contribution in [2.75, 3.05) is 10.0 Å². The van der Waals surface area contributed by atoms with Crippen LogP contribution in [-0.4, -0.2) is 23.9 Å². The van der Waals surface area contributed by atoms with Gasteiger partial charge in [0.2, 0.25) is 5.91 Å². The van der Waals surface area contributed by atoms with E-state index in [2.05, 4.69) is 15.0 Å². The van der Waals surface area contributed by atoms with E-state index in [-0.39, 0.29) is 22.5 Å². The molecule has 0 bridgehead atoms. The van der Waals surface area contributed by atoms with Crippen LogP contribution in [0.25, 0.3) is 10.9 Å². The minimum atomic E-state index is -3.76. The molecule has 148 valence electrons. The lowest BCUT2D eigenvalue weighted by Crippen LogP contribution is -2.18. The summed E-state index contributed by atoms with van der Waals surface area (Å²) in [4.78, 5) is 16.3. The molecule has 1 amide bonds. The summed E-state index contributed by atoms with van der Waals surface area (Å²) < 4.78 is 42.6. The number of fused-ring (bicyclic) bond motifs is 1. The van der Waals surface area contributed by atoms with Gasteiger partial charge in [-0.05, 0) is 36.4 Å². The Morgan fingerprint density at radius 2 is 1.93 bits per heavy atom. The van der Waals surface area contributed by atoms with Gasteiger partial charge in [-0.3, -0.25) is 9.52 Å². The highest BCUT2D eigenvalue weighted by atomic mass is 32.2. The van der Waals surface area contributed by atoms with Crippen LogP contribution in [0, 0.1) is 5.82 Å². The zero-order chi connectivity index (χ0) is 20.4. The highest BCUT2D eigenvalue weighted by Gasteiger charge is 2.16. The van der Waals surface area contributed by atoms with Crippen molar-refractivity contribution < 1.29 is 17.6 Å². The van der Waals surface area contributed by atoms with E-state index in [1.165, 1.54) is 52.4 Å². The predicted molar refractivity (Wildman–Crippen MR) is 110 cm³/mol. The number of hydrogen-bond acceptors (Lipinski definition) is 5. The molecule has 0 saturated heterocycles. The molecule has 4 aromatic rings. The van der Waals surface area contributed by atoms with Crippen LogP contribution in [-0.2, 0) is 21.4 Å². The van der Waals surface area contributed by atoms with Crippen molar-refractivity contribution in [1.82, 2.24) is 9.55 Å². The fourth-order valence-corrected chi connectivity index (χ4v) is 4.66. The number of carbonyl (C=O) groups excluding carboxylic acids is 1. The number of hydrogen-bond donors (Lipinski definition) is 2. The van der Waals surface area contributed by atoms with Gasteiger partial charge in [-0.1, -0.05) is 12.1 Å². The lowest BCUT2D eigenvalue weighted by molar-refractivity contribution is -0.116. The summed E-state index contributed by atoms with van der Waals surface area (Å²) in [7, 11) is -3.76. The number of carbonyl (C=O) groups is 1. The largest absolute Gasteiger partial charge is 0.336 e. The minimum Gasteiger partial charge on any atom is -0.336 e. The number of anilines is 2. The molecule has 0 aliphatic carbocycles. The first kappa shape index (κ1) is 19.1. The Kier molecular flexibility index (Phi) is 5.03. The first-order chi connectivity index (χ1) is 13.9. The summed E-state index contributed by atoms with van der Waals surface area (Å²) in [6.45, 7) is -0.0733. The van der Waals surface area contributed by atoms with E-state index < -0.39 is 15.8 Å². The third-order valence-corrected chi connectivity index (χ3v) is 6.33. The molecular weight excluding hydrogens is 415 g/mol. The van der Waals surface area contributed by atoms with Crippen LogP contribution in [0.15, 0.2) is 71.2 Å². The van der Waals surface area contributed by atoms with Gasteiger partial charge in [-0.15, -0.1) is 11.3 Å². The van der Waals surface area contributed by atoms with Crippen molar-refractivity contribution in [3.05, 3.63) is 72.1 Å². The maximum absolute atomic E-state index is 14.0. The molecular formula is C19H15FN4O3S2. The van der Waals surface area contributed by atoms with Crippen molar-refractivity contribution >= 4 is 49.0 Å². The van der Waals surface area contributed by atoms with Crippen molar-refractivity contribution in [3.8, 4) is 0 Å². The normalized spacial score (nSPS) is 11.5. The summed E-state index contributed by atoms with van der Waals surface area (Å²) in [6.07, 6.45) is 3.15. The van der Waals surface area contributed by atoms with Crippen molar-refractivity contribution in [3.63, 3.8) is 0 Å². The standard InChI is InChI=1S/C19H15FN4O3S2/c20-16-3-1-2-13-8-10-24(18(13)16)12-17(25)22-14-4-6-15(7-5-14)29(26,27)23-19-21-9-11-28-19/h1-11H,12H2,(H,21,23)(H,22,25). The van der Waals surface area contributed by atoms with E-state index in [0.717, 1.165) is 0 Å². The highest BCUT2D eigenvalue weighted by molar-refractivity contribution is 7.93. The molecule has 0 aliphatic rings. The second kappa shape index (κ2) is 7.64. The van der Waals surface area contributed by atoms with Gasteiger partial charge >= 0.3 is 0 Å². The topological polar surface area (TPSA) is 93.1 Å².